The van der Waals surface area contributed by atoms with E-state index in [2.05, 4.69) is 9.98 Å². The number of nitrogens with zero attached hydrogens (tertiary/aromatic N) is 2. The predicted octanol–water partition coefficient (Wildman–Crippen LogP) is 2.49. The van der Waals surface area contributed by atoms with Crippen LogP contribution in [0.5, 0.6) is 0 Å². The van der Waals surface area contributed by atoms with Crippen LogP contribution in [0.2, 0.25) is 0 Å². The first kappa shape index (κ1) is 8.94. The van der Waals surface area contributed by atoms with Crippen molar-refractivity contribution in [2.45, 2.75) is 13.8 Å². The third kappa shape index (κ3) is 1.31. The molecule has 0 bridgehead atoms. The summed E-state index contributed by atoms with van der Waals surface area (Å²) in [6.07, 6.45) is 1.80. The van der Waals surface area contributed by atoms with E-state index >= 15 is 0 Å². The van der Waals surface area contributed by atoms with Gasteiger partial charge in [0.05, 0.1) is 0 Å². The molecule has 0 aliphatic carbocycles. The minimum absolute atomic E-state index is 0.692. The molecule has 0 aromatic carbocycles. The molecule has 0 aliphatic heterocycles. The molecular weight excluding hydrogens is 176 g/mol. The highest BCUT2D eigenvalue weighted by atomic mass is 16.3. The third-order valence-corrected chi connectivity index (χ3v) is 2.18. The topological polar surface area (TPSA) is 38.4 Å². The molecule has 0 unspecified atom stereocenters. The summed E-state index contributed by atoms with van der Waals surface area (Å²) in [6.45, 7) is 3.87. The lowest BCUT2D eigenvalue weighted by Gasteiger charge is -1.90. The normalized spacial score (nSPS) is 11.6. The van der Waals surface area contributed by atoms with Crippen molar-refractivity contribution < 1.29 is 4.42 Å². The molecule has 0 radical (unpaired) electrons. The van der Waals surface area contributed by atoms with Crippen LogP contribution in [0.15, 0.2) is 21.5 Å². The molecule has 14 heavy (non-hydrogen) atoms. The van der Waals surface area contributed by atoms with E-state index in [4.69, 9.17) is 4.42 Å². The number of fused-ring (bicyclic) bond motifs is 1. The first-order valence-corrected chi connectivity index (χ1v) is 4.51. The van der Waals surface area contributed by atoms with Crippen LogP contribution >= 0.6 is 0 Å². The molecule has 3 heteroatoms. The average Bonchev–Trinajstić information content (AvgIpc) is 2.43. The SMILES string of the molecule is CN=Cc1c(C)oc2nc(C)ccc12. The van der Waals surface area contributed by atoms with Crippen molar-refractivity contribution in [2.75, 3.05) is 7.05 Å². The number of pyridine rings is 1. The number of aromatic nitrogens is 1. The van der Waals surface area contributed by atoms with Crippen LogP contribution in [0.4, 0.5) is 0 Å². The van der Waals surface area contributed by atoms with Gasteiger partial charge in [-0.2, -0.15) is 0 Å². The number of aryl methyl sites for hydroxylation is 2. The summed E-state index contributed by atoms with van der Waals surface area (Å²) in [5.74, 6) is 0.865. The van der Waals surface area contributed by atoms with E-state index in [9.17, 15) is 0 Å². The molecule has 0 saturated carbocycles. The lowest BCUT2D eigenvalue weighted by molar-refractivity contribution is 0.566. The molecule has 72 valence electrons. The second-order valence-corrected chi connectivity index (χ2v) is 3.26. The Morgan fingerprint density at radius 3 is 2.86 bits per heavy atom. The summed E-state index contributed by atoms with van der Waals surface area (Å²) >= 11 is 0. The number of rotatable bonds is 1. The molecule has 0 N–H and O–H groups in total. The van der Waals surface area contributed by atoms with Gasteiger partial charge >= 0.3 is 0 Å². The average molecular weight is 188 g/mol. The zero-order valence-corrected chi connectivity index (χ0v) is 8.53. The molecule has 2 aromatic heterocycles. The molecule has 0 amide bonds. The van der Waals surface area contributed by atoms with Gasteiger partial charge in [-0.15, -0.1) is 0 Å². The van der Waals surface area contributed by atoms with Gasteiger partial charge in [0.25, 0.3) is 0 Å². The highest BCUT2D eigenvalue weighted by Crippen LogP contribution is 2.22. The van der Waals surface area contributed by atoms with Gasteiger partial charge in [0.1, 0.15) is 5.76 Å². The van der Waals surface area contributed by atoms with Crippen molar-refractivity contribution in [1.82, 2.24) is 4.98 Å². The van der Waals surface area contributed by atoms with E-state index in [0.717, 1.165) is 22.4 Å². The van der Waals surface area contributed by atoms with Gasteiger partial charge in [0.2, 0.25) is 5.71 Å². The van der Waals surface area contributed by atoms with Crippen molar-refractivity contribution in [3.8, 4) is 0 Å². The van der Waals surface area contributed by atoms with Gasteiger partial charge in [0, 0.05) is 29.9 Å². The Bertz CT molecular complexity index is 497. The van der Waals surface area contributed by atoms with Crippen molar-refractivity contribution >= 4 is 17.3 Å². The van der Waals surface area contributed by atoms with Crippen molar-refractivity contribution in [2.24, 2.45) is 4.99 Å². The maximum absolute atomic E-state index is 5.53. The van der Waals surface area contributed by atoms with Gasteiger partial charge in [-0.25, -0.2) is 4.98 Å². The van der Waals surface area contributed by atoms with Crippen LogP contribution < -0.4 is 0 Å². The Labute approximate surface area is 82.5 Å². The molecule has 0 spiro atoms. The smallest absolute Gasteiger partial charge is 0.227 e. The van der Waals surface area contributed by atoms with Gasteiger partial charge < -0.3 is 4.42 Å². The van der Waals surface area contributed by atoms with Gasteiger partial charge in [0.15, 0.2) is 0 Å². The van der Waals surface area contributed by atoms with E-state index in [1.165, 1.54) is 0 Å². The van der Waals surface area contributed by atoms with Crippen molar-refractivity contribution in [3.63, 3.8) is 0 Å². The van der Waals surface area contributed by atoms with Crippen LogP contribution in [-0.2, 0) is 0 Å². The second kappa shape index (κ2) is 3.25. The Hall–Kier alpha value is -1.64. The highest BCUT2D eigenvalue weighted by Gasteiger charge is 2.09. The zero-order chi connectivity index (χ0) is 10.1. The summed E-state index contributed by atoms with van der Waals surface area (Å²) < 4.78 is 5.53. The molecule has 2 aromatic rings. The van der Waals surface area contributed by atoms with Gasteiger partial charge in [-0.1, -0.05) is 0 Å². The third-order valence-electron chi connectivity index (χ3n) is 2.18. The summed E-state index contributed by atoms with van der Waals surface area (Å²) in [5, 5.41) is 1.03. The van der Waals surface area contributed by atoms with Crippen molar-refractivity contribution in [3.05, 3.63) is 29.2 Å². The fourth-order valence-electron chi connectivity index (χ4n) is 1.49. The highest BCUT2D eigenvalue weighted by molar-refractivity contribution is 5.98. The molecule has 3 nitrogen and oxygen atoms in total. The van der Waals surface area contributed by atoms with E-state index in [-0.39, 0.29) is 0 Å². The minimum atomic E-state index is 0.692. The molecule has 0 saturated heterocycles. The number of furan rings is 1. The molecule has 2 rings (SSSR count). The van der Waals surface area contributed by atoms with E-state index in [1.807, 2.05) is 26.0 Å². The summed E-state index contributed by atoms with van der Waals surface area (Å²) in [4.78, 5) is 8.31. The van der Waals surface area contributed by atoms with Crippen LogP contribution in [0.3, 0.4) is 0 Å². The van der Waals surface area contributed by atoms with Crippen LogP contribution in [0.1, 0.15) is 17.0 Å². The zero-order valence-electron chi connectivity index (χ0n) is 8.53. The fraction of sp³-hybridized carbons (Fsp3) is 0.273. The number of hydrogen-bond donors (Lipinski definition) is 0. The van der Waals surface area contributed by atoms with E-state index in [0.29, 0.717) is 5.71 Å². The molecule has 0 aliphatic rings. The Kier molecular flexibility index (Phi) is 2.08. The minimum Gasteiger partial charge on any atom is -0.442 e. The quantitative estimate of drug-likeness (QED) is 0.645. The lowest BCUT2D eigenvalue weighted by Crippen LogP contribution is -1.83. The van der Waals surface area contributed by atoms with Gasteiger partial charge in [-0.3, -0.25) is 4.99 Å². The molecule has 0 fully saturated rings. The molecule has 0 atom stereocenters. The number of aliphatic imine (C=N–C) groups is 1. The predicted molar refractivity (Wildman–Crippen MR) is 57.0 cm³/mol. The van der Waals surface area contributed by atoms with E-state index in [1.54, 1.807) is 13.3 Å². The van der Waals surface area contributed by atoms with E-state index < -0.39 is 0 Å². The van der Waals surface area contributed by atoms with Gasteiger partial charge in [-0.05, 0) is 26.0 Å². The summed E-state index contributed by atoms with van der Waals surface area (Å²) in [5.41, 5.74) is 2.68. The Balaban J connectivity index is 2.77. The first-order chi connectivity index (χ1) is 6.72. The first-order valence-electron chi connectivity index (χ1n) is 4.51. The summed E-state index contributed by atoms with van der Waals surface area (Å²) in [6, 6.07) is 4.00. The standard InChI is InChI=1S/C11H12N2O/c1-7-4-5-9-10(6-12-3)8(2)14-11(9)13-7/h4-6H,1-3H3. The second-order valence-electron chi connectivity index (χ2n) is 3.26. The van der Waals surface area contributed by atoms with Crippen molar-refractivity contribution in [1.29, 1.82) is 0 Å². The lowest BCUT2D eigenvalue weighted by atomic mass is 10.2. The molecule has 2 heterocycles. The monoisotopic (exact) mass is 188 g/mol. The van der Waals surface area contributed by atoms with Crippen LogP contribution in [-0.4, -0.2) is 18.2 Å². The van der Waals surface area contributed by atoms with Crippen LogP contribution in [0, 0.1) is 13.8 Å². The Morgan fingerprint density at radius 2 is 2.14 bits per heavy atom. The fourth-order valence-corrected chi connectivity index (χ4v) is 1.49. The molecular formula is C11H12N2O. The number of hydrogen-bond acceptors (Lipinski definition) is 3. The largest absolute Gasteiger partial charge is 0.442 e. The van der Waals surface area contributed by atoms with Crippen LogP contribution in [0.25, 0.3) is 11.1 Å². The maximum Gasteiger partial charge on any atom is 0.227 e. The Morgan fingerprint density at radius 1 is 1.36 bits per heavy atom. The maximum atomic E-state index is 5.53. The summed E-state index contributed by atoms with van der Waals surface area (Å²) in [7, 11) is 1.75.